The summed E-state index contributed by atoms with van der Waals surface area (Å²) in [6.07, 6.45) is 1.59. The highest BCUT2D eigenvalue weighted by atomic mass is 16.3. The van der Waals surface area contributed by atoms with Crippen LogP contribution in [0.1, 0.15) is 43.9 Å². The minimum atomic E-state index is -0.296. The topological polar surface area (TPSA) is 58.3 Å². The number of benzene rings is 1. The molecule has 4 N–H and O–H groups in total. The molecule has 0 aliphatic rings. The van der Waals surface area contributed by atoms with E-state index in [1.165, 1.54) is 5.56 Å². The number of aliphatic hydroxyl groups is 1. The lowest BCUT2D eigenvalue weighted by Crippen LogP contribution is -2.21. The molecule has 0 fully saturated rings. The zero-order chi connectivity index (χ0) is 12.4. The zero-order valence-electron chi connectivity index (χ0n) is 10.5. The fraction of sp³-hybridized carbons (Fsp3) is 0.538. The summed E-state index contributed by atoms with van der Waals surface area (Å²) < 4.78 is 0. The van der Waals surface area contributed by atoms with Crippen LogP contribution in [0.25, 0.3) is 0 Å². The van der Waals surface area contributed by atoms with Gasteiger partial charge in [-0.2, -0.15) is 0 Å². The molecule has 0 aliphatic carbocycles. The minimum absolute atomic E-state index is 0.296. The molecule has 1 atom stereocenters. The Kier molecular flexibility index (Phi) is 8.81. The van der Waals surface area contributed by atoms with Crippen molar-refractivity contribution in [1.82, 2.24) is 5.43 Å². The van der Waals surface area contributed by atoms with Crippen LogP contribution in [0.3, 0.4) is 0 Å². The van der Waals surface area contributed by atoms with Gasteiger partial charge >= 0.3 is 0 Å². The van der Waals surface area contributed by atoms with Crippen molar-refractivity contribution in [3.63, 3.8) is 0 Å². The molecule has 1 aromatic carbocycles. The van der Waals surface area contributed by atoms with Gasteiger partial charge in [0, 0.05) is 6.54 Å². The maximum absolute atomic E-state index is 9.42. The smallest absolute Gasteiger partial charge is 0.0787 e. The maximum atomic E-state index is 9.42. The molecule has 0 heterocycles. The number of nitrogens with two attached hydrogens (primary N) is 1. The molecule has 0 radical (unpaired) electrons. The van der Waals surface area contributed by atoms with E-state index in [4.69, 9.17) is 5.84 Å². The van der Waals surface area contributed by atoms with Gasteiger partial charge in [-0.3, -0.25) is 11.3 Å². The predicted molar refractivity (Wildman–Crippen MR) is 68.9 cm³/mol. The van der Waals surface area contributed by atoms with Gasteiger partial charge in [-0.1, -0.05) is 43.7 Å². The number of aryl methyl sites for hydroxylation is 1. The summed E-state index contributed by atoms with van der Waals surface area (Å²) in [5.41, 5.74) is 4.76. The standard InChI is InChI=1S/C10H14O.C3H10N2/c1-3-10(11)9-6-4-8(2)5-7-9;1-2-3-5-4/h4-7,10-11H,3H2,1-2H3;5H,2-4H2,1H3. The predicted octanol–water partition coefficient (Wildman–Crippen LogP) is 2.30. The summed E-state index contributed by atoms with van der Waals surface area (Å²) in [6.45, 7) is 7.01. The van der Waals surface area contributed by atoms with Crippen LogP contribution in [0, 0.1) is 6.92 Å². The van der Waals surface area contributed by atoms with Gasteiger partial charge in [0.15, 0.2) is 0 Å². The summed E-state index contributed by atoms with van der Waals surface area (Å²) in [4.78, 5) is 0. The lowest BCUT2D eigenvalue weighted by atomic mass is 10.1. The van der Waals surface area contributed by atoms with E-state index in [1.54, 1.807) is 0 Å². The Morgan fingerprint density at radius 3 is 2.12 bits per heavy atom. The summed E-state index contributed by atoms with van der Waals surface area (Å²) in [5.74, 6) is 4.89. The van der Waals surface area contributed by atoms with E-state index in [0.717, 1.165) is 24.9 Å². The van der Waals surface area contributed by atoms with Crippen molar-refractivity contribution in [1.29, 1.82) is 0 Å². The van der Waals surface area contributed by atoms with Gasteiger partial charge in [0.1, 0.15) is 0 Å². The van der Waals surface area contributed by atoms with E-state index in [1.807, 2.05) is 38.1 Å². The highest BCUT2D eigenvalue weighted by Gasteiger charge is 2.01. The molecule has 0 aliphatic heterocycles. The lowest BCUT2D eigenvalue weighted by molar-refractivity contribution is 0.173. The third-order valence-electron chi connectivity index (χ3n) is 2.24. The molecule has 3 nitrogen and oxygen atoms in total. The highest BCUT2D eigenvalue weighted by Crippen LogP contribution is 2.15. The third-order valence-corrected chi connectivity index (χ3v) is 2.24. The number of hydrazine groups is 1. The molecule has 92 valence electrons. The molecule has 1 rings (SSSR count). The first-order valence-corrected chi connectivity index (χ1v) is 5.83. The van der Waals surface area contributed by atoms with Crippen LogP contribution in [0.15, 0.2) is 24.3 Å². The van der Waals surface area contributed by atoms with Gasteiger partial charge in [-0.25, -0.2) is 0 Å². The molecule has 16 heavy (non-hydrogen) atoms. The molecular formula is C13H24N2O. The van der Waals surface area contributed by atoms with Crippen molar-refractivity contribution in [2.45, 2.75) is 39.7 Å². The van der Waals surface area contributed by atoms with Gasteiger partial charge in [0.05, 0.1) is 6.10 Å². The van der Waals surface area contributed by atoms with Gasteiger partial charge in [-0.15, -0.1) is 0 Å². The van der Waals surface area contributed by atoms with Crippen LogP contribution < -0.4 is 11.3 Å². The molecule has 3 heteroatoms. The Labute approximate surface area is 98.6 Å². The molecule has 1 aromatic rings. The lowest BCUT2D eigenvalue weighted by Gasteiger charge is -2.07. The first-order chi connectivity index (χ1) is 7.65. The van der Waals surface area contributed by atoms with Crippen LogP contribution in [0.4, 0.5) is 0 Å². The normalized spacial score (nSPS) is 11.6. The van der Waals surface area contributed by atoms with E-state index in [0.29, 0.717) is 0 Å². The second-order valence-corrected chi connectivity index (χ2v) is 3.79. The van der Waals surface area contributed by atoms with Crippen LogP contribution in [-0.2, 0) is 0 Å². The maximum Gasteiger partial charge on any atom is 0.0787 e. The Balaban J connectivity index is 0.000000385. The molecular weight excluding hydrogens is 200 g/mol. The van der Waals surface area contributed by atoms with Crippen molar-refractivity contribution in [2.75, 3.05) is 6.54 Å². The minimum Gasteiger partial charge on any atom is -0.388 e. The monoisotopic (exact) mass is 224 g/mol. The Hall–Kier alpha value is -0.900. The van der Waals surface area contributed by atoms with E-state index in [-0.39, 0.29) is 6.10 Å². The van der Waals surface area contributed by atoms with Crippen LogP contribution in [-0.4, -0.2) is 11.7 Å². The molecule has 1 unspecified atom stereocenters. The zero-order valence-corrected chi connectivity index (χ0v) is 10.5. The van der Waals surface area contributed by atoms with Gasteiger partial charge in [-0.05, 0) is 25.3 Å². The largest absolute Gasteiger partial charge is 0.388 e. The van der Waals surface area contributed by atoms with Crippen LogP contribution in [0.2, 0.25) is 0 Å². The summed E-state index contributed by atoms with van der Waals surface area (Å²) in [5, 5.41) is 9.42. The molecule has 0 amide bonds. The Bertz CT molecular complexity index is 257. The summed E-state index contributed by atoms with van der Waals surface area (Å²) >= 11 is 0. The highest BCUT2D eigenvalue weighted by molar-refractivity contribution is 5.22. The number of aliphatic hydroxyl groups excluding tert-OH is 1. The van der Waals surface area contributed by atoms with E-state index >= 15 is 0 Å². The fourth-order valence-corrected chi connectivity index (χ4v) is 1.17. The van der Waals surface area contributed by atoms with Crippen molar-refractivity contribution in [3.8, 4) is 0 Å². The van der Waals surface area contributed by atoms with Crippen LogP contribution >= 0.6 is 0 Å². The van der Waals surface area contributed by atoms with Crippen molar-refractivity contribution < 1.29 is 5.11 Å². The second-order valence-electron chi connectivity index (χ2n) is 3.79. The van der Waals surface area contributed by atoms with Crippen molar-refractivity contribution >= 4 is 0 Å². The van der Waals surface area contributed by atoms with E-state index < -0.39 is 0 Å². The van der Waals surface area contributed by atoms with Crippen molar-refractivity contribution in [3.05, 3.63) is 35.4 Å². The molecule has 0 spiro atoms. The third kappa shape index (κ3) is 6.56. The molecule has 0 saturated heterocycles. The number of nitrogens with one attached hydrogen (secondary N) is 1. The van der Waals surface area contributed by atoms with E-state index in [9.17, 15) is 5.11 Å². The second kappa shape index (κ2) is 9.33. The number of hydrogen-bond acceptors (Lipinski definition) is 3. The first-order valence-electron chi connectivity index (χ1n) is 5.83. The van der Waals surface area contributed by atoms with Crippen LogP contribution in [0.5, 0.6) is 0 Å². The average Bonchev–Trinajstić information content (AvgIpc) is 2.31. The molecule has 0 saturated carbocycles. The van der Waals surface area contributed by atoms with Crippen molar-refractivity contribution in [2.24, 2.45) is 5.84 Å². The van der Waals surface area contributed by atoms with Gasteiger partial charge < -0.3 is 5.11 Å². The first kappa shape index (κ1) is 15.1. The average molecular weight is 224 g/mol. The molecule has 0 aromatic heterocycles. The SMILES string of the molecule is CCC(O)c1ccc(C)cc1.CCCNN. The number of hydrogen-bond donors (Lipinski definition) is 3. The Morgan fingerprint density at radius 1 is 1.25 bits per heavy atom. The summed E-state index contributed by atoms with van der Waals surface area (Å²) in [7, 11) is 0. The quantitative estimate of drug-likeness (QED) is 0.543. The summed E-state index contributed by atoms with van der Waals surface area (Å²) in [6, 6.07) is 8.00. The fourth-order valence-electron chi connectivity index (χ4n) is 1.17. The molecule has 0 bridgehead atoms. The number of rotatable bonds is 4. The van der Waals surface area contributed by atoms with Gasteiger partial charge in [0.2, 0.25) is 0 Å². The Morgan fingerprint density at radius 2 is 1.81 bits per heavy atom. The van der Waals surface area contributed by atoms with E-state index in [2.05, 4.69) is 12.3 Å². The van der Waals surface area contributed by atoms with Gasteiger partial charge in [0.25, 0.3) is 0 Å².